The van der Waals surface area contributed by atoms with Gasteiger partial charge >= 0.3 is 0 Å². The molecule has 0 saturated heterocycles. The molecule has 1 aromatic heterocycles. The summed E-state index contributed by atoms with van der Waals surface area (Å²) in [5, 5.41) is 0. The number of aromatic nitrogens is 2. The van der Waals surface area contributed by atoms with Crippen LogP contribution in [0.4, 0.5) is 0 Å². The standard InChI is InChI=1S/C8H12N2.CH4/c1-6(2)8-9-4-7(3)5-10-8;/h4-6H,1-3H3;1H4. The van der Waals surface area contributed by atoms with Crippen LogP contribution >= 0.6 is 0 Å². The fraction of sp³-hybridized carbons (Fsp3) is 0.556. The van der Waals surface area contributed by atoms with E-state index in [2.05, 4.69) is 23.8 Å². The summed E-state index contributed by atoms with van der Waals surface area (Å²) in [4.78, 5) is 8.33. The van der Waals surface area contributed by atoms with Crippen LogP contribution in [0.25, 0.3) is 0 Å². The smallest absolute Gasteiger partial charge is 0.130 e. The van der Waals surface area contributed by atoms with E-state index >= 15 is 0 Å². The second kappa shape index (κ2) is 4.06. The summed E-state index contributed by atoms with van der Waals surface area (Å²) in [6.45, 7) is 6.17. The van der Waals surface area contributed by atoms with Crippen LogP contribution in [0, 0.1) is 6.92 Å². The summed E-state index contributed by atoms with van der Waals surface area (Å²) in [6.07, 6.45) is 3.70. The molecule has 1 rings (SSSR count). The van der Waals surface area contributed by atoms with Crippen LogP contribution in [0.15, 0.2) is 12.4 Å². The molecule has 0 aliphatic heterocycles. The molecule has 0 aliphatic rings. The zero-order chi connectivity index (χ0) is 7.56. The SMILES string of the molecule is C.Cc1cnc(C(C)C)nc1. The van der Waals surface area contributed by atoms with Crippen molar-refractivity contribution in [2.24, 2.45) is 0 Å². The maximum Gasteiger partial charge on any atom is 0.130 e. The van der Waals surface area contributed by atoms with E-state index in [0.717, 1.165) is 11.4 Å². The zero-order valence-corrected chi connectivity index (χ0v) is 6.63. The van der Waals surface area contributed by atoms with Gasteiger partial charge in [-0.05, 0) is 12.5 Å². The predicted octanol–water partition coefficient (Wildman–Crippen LogP) is 2.54. The van der Waals surface area contributed by atoms with E-state index in [0.29, 0.717) is 5.92 Å². The highest BCUT2D eigenvalue weighted by molar-refractivity contribution is 5.03. The van der Waals surface area contributed by atoms with Crippen LogP contribution in [0.3, 0.4) is 0 Å². The van der Waals surface area contributed by atoms with Gasteiger partial charge in [-0.1, -0.05) is 21.3 Å². The van der Waals surface area contributed by atoms with Gasteiger partial charge in [0.05, 0.1) is 0 Å². The molecule has 0 bridgehead atoms. The Morgan fingerprint density at radius 3 is 2.00 bits per heavy atom. The molecular weight excluding hydrogens is 136 g/mol. The third kappa shape index (κ3) is 2.66. The van der Waals surface area contributed by atoms with Crippen LogP contribution in [-0.2, 0) is 0 Å². The van der Waals surface area contributed by atoms with Crippen LogP contribution in [0.1, 0.15) is 38.6 Å². The molecule has 0 unspecified atom stereocenters. The lowest BCUT2D eigenvalue weighted by molar-refractivity contribution is 0.771. The van der Waals surface area contributed by atoms with Gasteiger partial charge in [-0.3, -0.25) is 0 Å². The first-order chi connectivity index (χ1) is 4.70. The third-order valence-corrected chi connectivity index (χ3v) is 1.32. The molecule has 0 aliphatic carbocycles. The maximum atomic E-state index is 4.17. The van der Waals surface area contributed by atoms with Crippen molar-refractivity contribution in [2.75, 3.05) is 0 Å². The maximum absolute atomic E-state index is 4.17. The minimum atomic E-state index is 0. The van der Waals surface area contributed by atoms with Crippen molar-refractivity contribution in [1.82, 2.24) is 9.97 Å². The lowest BCUT2D eigenvalue weighted by atomic mass is 10.2. The minimum Gasteiger partial charge on any atom is -0.241 e. The van der Waals surface area contributed by atoms with Crippen molar-refractivity contribution >= 4 is 0 Å². The van der Waals surface area contributed by atoms with Crippen LogP contribution in [-0.4, -0.2) is 9.97 Å². The lowest BCUT2D eigenvalue weighted by Gasteiger charge is -2.00. The number of nitrogens with zero attached hydrogens (tertiary/aromatic N) is 2. The number of aryl methyl sites for hydroxylation is 1. The van der Waals surface area contributed by atoms with Crippen molar-refractivity contribution in [2.45, 2.75) is 34.1 Å². The summed E-state index contributed by atoms with van der Waals surface area (Å²) >= 11 is 0. The van der Waals surface area contributed by atoms with Gasteiger partial charge in [0.25, 0.3) is 0 Å². The summed E-state index contributed by atoms with van der Waals surface area (Å²) in [5.41, 5.74) is 1.12. The van der Waals surface area contributed by atoms with E-state index in [1.807, 2.05) is 19.3 Å². The molecule has 0 aromatic carbocycles. The molecule has 11 heavy (non-hydrogen) atoms. The van der Waals surface area contributed by atoms with Gasteiger partial charge in [-0.25, -0.2) is 9.97 Å². The normalized spacial score (nSPS) is 9.45. The summed E-state index contributed by atoms with van der Waals surface area (Å²) in [5.74, 6) is 1.35. The topological polar surface area (TPSA) is 25.8 Å². The fourth-order valence-corrected chi connectivity index (χ4v) is 0.701. The highest BCUT2D eigenvalue weighted by atomic mass is 14.9. The van der Waals surface area contributed by atoms with Crippen molar-refractivity contribution in [3.05, 3.63) is 23.8 Å². The highest BCUT2D eigenvalue weighted by Crippen LogP contribution is 2.06. The molecule has 1 aromatic rings. The molecule has 2 nitrogen and oxygen atoms in total. The Hall–Kier alpha value is -0.920. The van der Waals surface area contributed by atoms with Gasteiger partial charge in [0.1, 0.15) is 5.82 Å². The average molecular weight is 152 g/mol. The van der Waals surface area contributed by atoms with Crippen molar-refractivity contribution < 1.29 is 0 Å². The number of rotatable bonds is 1. The molecule has 0 fully saturated rings. The van der Waals surface area contributed by atoms with Gasteiger partial charge in [0.15, 0.2) is 0 Å². The Morgan fingerprint density at radius 1 is 1.18 bits per heavy atom. The van der Waals surface area contributed by atoms with Crippen molar-refractivity contribution in [3.63, 3.8) is 0 Å². The second-order valence-corrected chi connectivity index (χ2v) is 2.77. The first-order valence-corrected chi connectivity index (χ1v) is 3.48. The Labute approximate surface area is 68.7 Å². The fourth-order valence-electron chi connectivity index (χ4n) is 0.701. The monoisotopic (exact) mass is 152 g/mol. The van der Waals surface area contributed by atoms with Gasteiger partial charge in [0, 0.05) is 18.3 Å². The van der Waals surface area contributed by atoms with Crippen LogP contribution < -0.4 is 0 Å². The Morgan fingerprint density at radius 2 is 1.64 bits per heavy atom. The summed E-state index contributed by atoms with van der Waals surface area (Å²) < 4.78 is 0. The highest BCUT2D eigenvalue weighted by Gasteiger charge is 1.99. The Balaban J connectivity index is 0.000001000. The van der Waals surface area contributed by atoms with E-state index in [4.69, 9.17) is 0 Å². The van der Waals surface area contributed by atoms with E-state index in [1.165, 1.54) is 0 Å². The molecule has 0 amide bonds. The molecule has 2 heteroatoms. The molecule has 0 atom stereocenters. The van der Waals surface area contributed by atoms with Gasteiger partial charge in [0.2, 0.25) is 0 Å². The number of hydrogen-bond acceptors (Lipinski definition) is 2. The van der Waals surface area contributed by atoms with E-state index in [1.54, 1.807) is 0 Å². The third-order valence-electron chi connectivity index (χ3n) is 1.32. The molecule has 0 saturated carbocycles. The van der Waals surface area contributed by atoms with Gasteiger partial charge in [-0.2, -0.15) is 0 Å². The van der Waals surface area contributed by atoms with E-state index in [9.17, 15) is 0 Å². The Bertz CT molecular complexity index is 201. The van der Waals surface area contributed by atoms with Crippen LogP contribution in [0.2, 0.25) is 0 Å². The molecule has 0 radical (unpaired) electrons. The predicted molar refractivity (Wildman–Crippen MR) is 47.6 cm³/mol. The minimum absolute atomic E-state index is 0. The van der Waals surface area contributed by atoms with Crippen molar-refractivity contribution in [1.29, 1.82) is 0 Å². The van der Waals surface area contributed by atoms with Gasteiger partial charge in [-0.15, -0.1) is 0 Å². The van der Waals surface area contributed by atoms with E-state index < -0.39 is 0 Å². The zero-order valence-electron chi connectivity index (χ0n) is 6.63. The molecule has 0 N–H and O–H groups in total. The second-order valence-electron chi connectivity index (χ2n) is 2.77. The van der Waals surface area contributed by atoms with Crippen molar-refractivity contribution in [3.8, 4) is 0 Å². The lowest BCUT2D eigenvalue weighted by Crippen LogP contribution is -1.95. The molecule has 0 spiro atoms. The van der Waals surface area contributed by atoms with Gasteiger partial charge < -0.3 is 0 Å². The molecule has 1 heterocycles. The summed E-state index contributed by atoms with van der Waals surface area (Å²) in [7, 11) is 0. The first-order valence-electron chi connectivity index (χ1n) is 3.48. The van der Waals surface area contributed by atoms with E-state index in [-0.39, 0.29) is 7.43 Å². The first kappa shape index (κ1) is 10.1. The number of hydrogen-bond donors (Lipinski definition) is 0. The largest absolute Gasteiger partial charge is 0.241 e. The average Bonchev–Trinajstić information content (AvgIpc) is 1.88. The quantitative estimate of drug-likeness (QED) is 0.618. The molecule has 62 valence electrons. The summed E-state index contributed by atoms with van der Waals surface area (Å²) in [6, 6.07) is 0. The van der Waals surface area contributed by atoms with Crippen LogP contribution in [0.5, 0.6) is 0 Å². The molecular formula is C9H16N2. The Kier molecular flexibility index (Phi) is 3.72.